The van der Waals surface area contributed by atoms with Gasteiger partial charge in [0.2, 0.25) is 5.91 Å². The van der Waals surface area contributed by atoms with E-state index in [4.69, 9.17) is 0 Å². The van der Waals surface area contributed by atoms with Crippen LogP contribution in [0.25, 0.3) is 10.9 Å². The van der Waals surface area contributed by atoms with Crippen LogP contribution in [0.2, 0.25) is 0 Å². The van der Waals surface area contributed by atoms with Crippen LogP contribution in [0.5, 0.6) is 0 Å². The molecule has 3 rings (SSSR count). The maximum Gasteiger partial charge on any atom is 0.225 e. The van der Waals surface area contributed by atoms with Crippen molar-refractivity contribution in [2.75, 3.05) is 24.5 Å². The summed E-state index contributed by atoms with van der Waals surface area (Å²) in [4.78, 5) is 19.1. The summed E-state index contributed by atoms with van der Waals surface area (Å²) in [6, 6.07) is 6.60. The van der Waals surface area contributed by atoms with E-state index in [1.165, 1.54) is 5.56 Å². The van der Waals surface area contributed by atoms with Crippen LogP contribution in [-0.2, 0) is 4.79 Å². The average molecular weight is 379 g/mol. The molecule has 1 fully saturated rings. The molecule has 1 atom stereocenters. The number of nitrogens with zero attached hydrogens (tertiary/aromatic N) is 3. The molecule has 1 aromatic carbocycles. The molecule has 5 nitrogen and oxygen atoms in total. The third-order valence-electron chi connectivity index (χ3n) is 5.47. The van der Waals surface area contributed by atoms with Crippen molar-refractivity contribution in [1.29, 1.82) is 5.26 Å². The van der Waals surface area contributed by atoms with Crippen molar-refractivity contribution in [3.63, 3.8) is 0 Å². The number of anilines is 1. The van der Waals surface area contributed by atoms with Crippen LogP contribution in [0.4, 0.5) is 5.69 Å². The first-order chi connectivity index (χ1) is 13.2. The van der Waals surface area contributed by atoms with Crippen molar-refractivity contribution in [3.05, 3.63) is 35.0 Å². The third-order valence-corrected chi connectivity index (χ3v) is 5.47. The molecular weight excluding hydrogens is 348 g/mol. The fourth-order valence-corrected chi connectivity index (χ4v) is 4.01. The lowest BCUT2D eigenvalue weighted by molar-refractivity contribution is -0.128. The van der Waals surface area contributed by atoms with Crippen molar-refractivity contribution >= 4 is 22.5 Å². The highest BCUT2D eigenvalue weighted by molar-refractivity contribution is 5.96. The van der Waals surface area contributed by atoms with E-state index in [0.29, 0.717) is 18.0 Å². The van der Waals surface area contributed by atoms with Crippen LogP contribution in [0.15, 0.2) is 18.3 Å². The maximum atomic E-state index is 12.2. The minimum absolute atomic E-state index is 0.0861. The predicted molar refractivity (Wildman–Crippen MR) is 113 cm³/mol. The van der Waals surface area contributed by atoms with Gasteiger partial charge in [-0.25, -0.2) is 0 Å². The molecule has 0 saturated carbocycles. The lowest BCUT2D eigenvalue weighted by atomic mass is 9.93. The average Bonchev–Trinajstić information content (AvgIpc) is 2.64. The van der Waals surface area contributed by atoms with Gasteiger partial charge in [0.15, 0.2) is 0 Å². The molecule has 1 unspecified atom stereocenters. The predicted octanol–water partition coefficient (Wildman–Crippen LogP) is 4.10. The Kier molecular flexibility index (Phi) is 5.60. The first kappa shape index (κ1) is 20.1. The fraction of sp³-hybridized carbons (Fsp3) is 0.522. The molecule has 1 aromatic heterocycles. The standard InChI is InChI=1S/C23H30N4O/c1-15-9-16(2)20-19(10-15)21(18(11-24)13-25-20)27-8-6-7-17(14-27)12-26-22(28)23(3,4)5/h9-10,13,17H,6-8,12,14H2,1-5H3,(H,26,28). The van der Waals surface area contributed by atoms with Crippen molar-refractivity contribution < 1.29 is 4.79 Å². The lowest BCUT2D eigenvalue weighted by Crippen LogP contribution is -2.43. The highest BCUT2D eigenvalue weighted by Gasteiger charge is 2.26. The molecule has 1 amide bonds. The number of hydrogen-bond donors (Lipinski definition) is 1. The van der Waals surface area contributed by atoms with Gasteiger partial charge in [0.25, 0.3) is 0 Å². The Morgan fingerprint density at radius 2 is 2.11 bits per heavy atom. The summed E-state index contributed by atoms with van der Waals surface area (Å²) in [5.74, 6) is 0.462. The molecule has 1 aliphatic heterocycles. The minimum atomic E-state index is -0.376. The molecule has 2 aromatic rings. The number of aryl methyl sites for hydroxylation is 2. The number of carbonyl (C=O) groups excluding carboxylic acids is 1. The Morgan fingerprint density at radius 1 is 1.36 bits per heavy atom. The summed E-state index contributed by atoms with van der Waals surface area (Å²) in [6.45, 7) is 12.4. The summed E-state index contributed by atoms with van der Waals surface area (Å²) in [7, 11) is 0. The molecule has 1 saturated heterocycles. The second-order valence-electron chi connectivity index (χ2n) is 9.02. The van der Waals surface area contributed by atoms with Gasteiger partial charge in [-0.1, -0.05) is 32.4 Å². The number of rotatable bonds is 3. The van der Waals surface area contributed by atoms with Gasteiger partial charge in [0, 0.05) is 36.6 Å². The molecule has 0 aliphatic carbocycles. The minimum Gasteiger partial charge on any atom is -0.370 e. The van der Waals surface area contributed by atoms with Crippen LogP contribution >= 0.6 is 0 Å². The van der Waals surface area contributed by atoms with Crippen LogP contribution in [0, 0.1) is 36.5 Å². The van der Waals surface area contributed by atoms with E-state index >= 15 is 0 Å². The van der Waals surface area contributed by atoms with Crippen LogP contribution in [-0.4, -0.2) is 30.5 Å². The molecule has 148 valence electrons. The number of piperidine rings is 1. The van der Waals surface area contributed by atoms with Gasteiger partial charge in [-0.2, -0.15) is 5.26 Å². The number of aromatic nitrogens is 1. The lowest BCUT2D eigenvalue weighted by Gasteiger charge is -2.36. The van der Waals surface area contributed by atoms with E-state index < -0.39 is 0 Å². The van der Waals surface area contributed by atoms with E-state index in [9.17, 15) is 10.1 Å². The summed E-state index contributed by atoms with van der Waals surface area (Å²) < 4.78 is 0. The summed E-state index contributed by atoms with van der Waals surface area (Å²) in [5, 5.41) is 13.9. The third kappa shape index (κ3) is 4.11. The zero-order valence-corrected chi connectivity index (χ0v) is 17.6. The van der Waals surface area contributed by atoms with Crippen LogP contribution in [0.1, 0.15) is 50.3 Å². The normalized spacial score (nSPS) is 17.4. The molecule has 1 aliphatic rings. The van der Waals surface area contributed by atoms with Crippen LogP contribution in [0.3, 0.4) is 0 Å². The highest BCUT2D eigenvalue weighted by atomic mass is 16.2. The smallest absolute Gasteiger partial charge is 0.225 e. The van der Waals surface area contributed by atoms with E-state index in [0.717, 1.165) is 48.1 Å². The Hall–Kier alpha value is -2.61. The molecule has 1 N–H and O–H groups in total. The molecule has 0 bridgehead atoms. The van der Waals surface area contributed by atoms with Gasteiger partial charge in [-0.15, -0.1) is 0 Å². The molecule has 28 heavy (non-hydrogen) atoms. The summed E-state index contributed by atoms with van der Waals surface area (Å²) in [6.07, 6.45) is 3.84. The quantitative estimate of drug-likeness (QED) is 0.873. The molecule has 0 spiro atoms. The number of benzene rings is 1. The number of nitriles is 1. The first-order valence-corrected chi connectivity index (χ1v) is 10.0. The monoisotopic (exact) mass is 378 g/mol. The Bertz CT molecular complexity index is 936. The molecular formula is C23H30N4O. The van der Waals surface area contributed by atoms with Gasteiger partial charge >= 0.3 is 0 Å². The molecule has 5 heteroatoms. The van der Waals surface area contributed by atoms with E-state index in [2.05, 4.69) is 47.3 Å². The number of pyridine rings is 1. The highest BCUT2D eigenvalue weighted by Crippen LogP contribution is 2.34. The number of fused-ring (bicyclic) bond motifs is 1. The number of carbonyl (C=O) groups is 1. The Balaban J connectivity index is 1.89. The van der Waals surface area contributed by atoms with E-state index in [1.807, 2.05) is 20.8 Å². The maximum absolute atomic E-state index is 12.2. The number of amides is 1. The second kappa shape index (κ2) is 7.79. The molecule has 2 heterocycles. The topological polar surface area (TPSA) is 69.0 Å². The van der Waals surface area contributed by atoms with Gasteiger partial charge in [0.1, 0.15) is 6.07 Å². The Morgan fingerprint density at radius 3 is 2.79 bits per heavy atom. The largest absolute Gasteiger partial charge is 0.370 e. The van der Waals surface area contributed by atoms with Crippen molar-refractivity contribution in [3.8, 4) is 6.07 Å². The summed E-state index contributed by atoms with van der Waals surface area (Å²) in [5.41, 5.74) is 4.50. The van der Waals surface area contributed by atoms with Gasteiger partial charge < -0.3 is 10.2 Å². The fourth-order valence-electron chi connectivity index (χ4n) is 4.01. The number of hydrogen-bond acceptors (Lipinski definition) is 4. The summed E-state index contributed by atoms with van der Waals surface area (Å²) >= 11 is 0. The molecule has 0 radical (unpaired) electrons. The second-order valence-corrected chi connectivity index (χ2v) is 9.02. The van der Waals surface area contributed by atoms with E-state index in [-0.39, 0.29) is 11.3 Å². The van der Waals surface area contributed by atoms with Gasteiger partial charge in [-0.05, 0) is 44.2 Å². The Labute approximate surface area is 167 Å². The van der Waals surface area contributed by atoms with E-state index in [1.54, 1.807) is 6.20 Å². The van der Waals surface area contributed by atoms with Crippen LogP contribution < -0.4 is 10.2 Å². The van der Waals surface area contributed by atoms with Gasteiger partial charge in [0.05, 0.1) is 16.8 Å². The zero-order chi connectivity index (χ0) is 20.5. The number of nitrogens with one attached hydrogen (secondary N) is 1. The first-order valence-electron chi connectivity index (χ1n) is 10.0. The van der Waals surface area contributed by atoms with Crippen molar-refractivity contribution in [1.82, 2.24) is 10.3 Å². The van der Waals surface area contributed by atoms with Gasteiger partial charge in [-0.3, -0.25) is 9.78 Å². The van der Waals surface area contributed by atoms with Crippen molar-refractivity contribution in [2.24, 2.45) is 11.3 Å². The zero-order valence-electron chi connectivity index (χ0n) is 17.6. The van der Waals surface area contributed by atoms with Crippen molar-refractivity contribution in [2.45, 2.75) is 47.5 Å². The SMILES string of the molecule is Cc1cc(C)c2ncc(C#N)c(N3CCCC(CNC(=O)C(C)(C)C)C3)c2c1.